The topological polar surface area (TPSA) is 113 Å². The zero-order chi connectivity index (χ0) is 17.2. The van der Waals surface area contributed by atoms with Crippen LogP contribution in [0.15, 0.2) is 30.6 Å². The normalized spacial score (nSPS) is 11.5. The third-order valence-electron chi connectivity index (χ3n) is 2.92. The molecule has 10 heteroatoms. The molecule has 1 heterocycles. The van der Waals surface area contributed by atoms with Crippen molar-refractivity contribution >= 4 is 33.1 Å². The van der Waals surface area contributed by atoms with E-state index in [2.05, 4.69) is 10.4 Å². The Morgan fingerprint density at radius 1 is 1.26 bits per heavy atom. The maximum Gasteiger partial charge on any atom is 0.342 e. The number of urea groups is 2. The predicted molar refractivity (Wildman–Crippen MR) is 84.8 cm³/mol. The average Bonchev–Trinajstić information content (AvgIpc) is 2.79. The number of aromatic nitrogens is 2. The van der Waals surface area contributed by atoms with E-state index in [1.54, 1.807) is 24.3 Å². The molecule has 0 aliphatic rings. The second-order valence-corrected chi connectivity index (χ2v) is 6.99. The Kier molecular flexibility index (Phi) is 4.55. The maximum absolute atomic E-state index is 12.0. The first-order chi connectivity index (χ1) is 10.7. The zero-order valence-electron chi connectivity index (χ0n) is 12.8. The van der Waals surface area contributed by atoms with Crippen LogP contribution in [-0.2, 0) is 10.0 Å². The molecule has 2 N–H and O–H groups in total. The van der Waals surface area contributed by atoms with Gasteiger partial charge in [-0.25, -0.2) is 37.4 Å². The number of nitrogens with zero attached hydrogens (tertiary/aromatic N) is 3. The van der Waals surface area contributed by atoms with Crippen LogP contribution in [0.3, 0.4) is 0 Å². The minimum atomic E-state index is -3.78. The Balaban J connectivity index is 2.11. The summed E-state index contributed by atoms with van der Waals surface area (Å²) in [6, 6.07) is 4.57. The molecule has 9 nitrogen and oxygen atoms in total. The first kappa shape index (κ1) is 16.7. The van der Waals surface area contributed by atoms with Gasteiger partial charge in [-0.2, -0.15) is 0 Å². The number of imidazole rings is 1. The number of fused-ring (bicyclic) bond motifs is 1. The van der Waals surface area contributed by atoms with Crippen LogP contribution in [-0.4, -0.2) is 46.7 Å². The van der Waals surface area contributed by atoms with Crippen molar-refractivity contribution in [1.82, 2.24) is 19.3 Å². The number of rotatable bonds is 3. The first-order valence-corrected chi connectivity index (χ1v) is 8.58. The molecule has 124 valence electrons. The number of imide groups is 1. The van der Waals surface area contributed by atoms with Gasteiger partial charge in [0.15, 0.2) is 0 Å². The fourth-order valence-electron chi connectivity index (χ4n) is 2.11. The number of benzene rings is 1. The summed E-state index contributed by atoms with van der Waals surface area (Å²) in [5.41, 5.74) is 3.71. The average molecular weight is 339 g/mol. The number of carbonyl (C=O) groups excluding carboxylic acids is 2. The van der Waals surface area contributed by atoms with Crippen molar-refractivity contribution in [3.63, 3.8) is 0 Å². The van der Waals surface area contributed by atoms with Crippen molar-refractivity contribution in [2.45, 2.75) is 19.9 Å². The molecule has 4 amide bonds. The zero-order valence-corrected chi connectivity index (χ0v) is 13.7. The van der Waals surface area contributed by atoms with E-state index in [-0.39, 0.29) is 0 Å². The third-order valence-corrected chi connectivity index (χ3v) is 4.22. The molecule has 0 bridgehead atoms. The van der Waals surface area contributed by atoms with Gasteiger partial charge in [0.25, 0.3) is 0 Å². The second kappa shape index (κ2) is 6.24. The van der Waals surface area contributed by atoms with Crippen molar-refractivity contribution in [3.8, 4) is 0 Å². The molecule has 0 atom stereocenters. The van der Waals surface area contributed by atoms with Crippen LogP contribution in [0.25, 0.3) is 11.0 Å². The van der Waals surface area contributed by atoms with E-state index in [0.717, 1.165) is 6.26 Å². The molecule has 0 aliphatic carbocycles. The van der Waals surface area contributed by atoms with E-state index in [9.17, 15) is 18.0 Å². The summed E-state index contributed by atoms with van der Waals surface area (Å²) in [6.07, 6.45) is 2.28. The van der Waals surface area contributed by atoms with Crippen LogP contribution in [0.2, 0.25) is 0 Å². The van der Waals surface area contributed by atoms with Gasteiger partial charge in [-0.3, -0.25) is 5.32 Å². The van der Waals surface area contributed by atoms with E-state index >= 15 is 0 Å². The number of carbonyl (C=O) groups is 2. The molecule has 1 aromatic carbocycles. The minimum Gasteiger partial charge on any atom is -0.257 e. The monoisotopic (exact) mass is 339 g/mol. The van der Waals surface area contributed by atoms with Gasteiger partial charge in [-0.15, -0.1) is 0 Å². The van der Waals surface area contributed by atoms with E-state index in [1.807, 2.05) is 5.32 Å². The molecular formula is C13H17N5O4S. The van der Waals surface area contributed by atoms with Gasteiger partial charge in [0.05, 0.1) is 17.3 Å². The van der Waals surface area contributed by atoms with E-state index < -0.39 is 28.1 Å². The highest BCUT2D eigenvalue weighted by Gasteiger charge is 2.27. The number of sulfonamides is 1. The Bertz CT molecular complexity index is 843. The number of para-hydroxylation sites is 2. The summed E-state index contributed by atoms with van der Waals surface area (Å²) in [7, 11) is -3.78. The number of hydrogen-bond acceptors (Lipinski definition) is 5. The highest BCUT2D eigenvalue weighted by Crippen LogP contribution is 2.10. The van der Waals surface area contributed by atoms with Crippen LogP contribution in [0, 0.1) is 0 Å². The molecule has 1 aromatic heterocycles. The van der Waals surface area contributed by atoms with E-state index in [0.29, 0.717) is 15.3 Å². The van der Waals surface area contributed by atoms with Gasteiger partial charge in [-0.1, -0.05) is 12.1 Å². The third kappa shape index (κ3) is 3.77. The van der Waals surface area contributed by atoms with Crippen LogP contribution < -0.4 is 10.7 Å². The highest BCUT2D eigenvalue weighted by atomic mass is 32.2. The minimum absolute atomic E-state index is 0.596. The standard InChI is InChI=1S/C13H17N5O4S/c1-9(2)18(23(3,21)22)13(20)15-12(19)16-17-8-14-10-6-4-5-7-11(10)17/h4-9H,1-3H3,(H2,15,16,19,20). The van der Waals surface area contributed by atoms with Crippen molar-refractivity contribution in [1.29, 1.82) is 0 Å². The van der Waals surface area contributed by atoms with Gasteiger partial charge < -0.3 is 0 Å². The molecular weight excluding hydrogens is 322 g/mol. The molecule has 0 radical (unpaired) electrons. The van der Waals surface area contributed by atoms with E-state index in [1.165, 1.54) is 24.9 Å². The Morgan fingerprint density at radius 3 is 2.52 bits per heavy atom. The molecule has 23 heavy (non-hydrogen) atoms. The molecule has 0 spiro atoms. The number of amides is 4. The van der Waals surface area contributed by atoms with Gasteiger partial charge in [0, 0.05) is 6.04 Å². The molecule has 0 unspecified atom stereocenters. The van der Waals surface area contributed by atoms with Crippen LogP contribution in [0.4, 0.5) is 9.59 Å². The van der Waals surface area contributed by atoms with Gasteiger partial charge >= 0.3 is 12.1 Å². The summed E-state index contributed by atoms with van der Waals surface area (Å²) in [6.45, 7) is 3.06. The van der Waals surface area contributed by atoms with Gasteiger partial charge in [0.1, 0.15) is 6.33 Å². The summed E-state index contributed by atoms with van der Waals surface area (Å²) in [4.78, 5) is 28.0. The smallest absolute Gasteiger partial charge is 0.257 e. The first-order valence-electron chi connectivity index (χ1n) is 6.73. The fraction of sp³-hybridized carbons (Fsp3) is 0.308. The largest absolute Gasteiger partial charge is 0.342 e. The summed E-state index contributed by atoms with van der Waals surface area (Å²) in [5.74, 6) is 0. The number of hydrogen-bond donors (Lipinski definition) is 2. The number of nitrogens with one attached hydrogen (secondary N) is 2. The fourth-order valence-corrected chi connectivity index (χ4v) is 3.22. The predicted octanol–water partition coefficient (Wildman–Crippen LogP) is 1.08. The summed E-state index contributed by atoms with van der Waals surface area (Å²) in [5, 5.41) is 1.98. The quantitative estimate of drug-likeness (QED) is 0.868. The second-order valence-electron chi connectivity index (χ2n) is 5.13. The maximum atomic E-state index is 12.0. The van der Waals surface area contributed by atoms with Gasteiger partial charge in [0.2, 0.25) is 10.0 Å². The SMILES string of the molecule is CC(C)N(C(=O)NC(=O)Nn1cnc2ccccc21)S(C)(=O)=O. The van der Waals surface area contributed by atoms with Gasteiger partial charge in [-0.05, 0) is 26.0 Å². The van der Waals surface area contributed by atoms with Crippen LogP contribution in [0.1, 0.15) is 13.8 Å². The highest BCUT2D eigenvalue weighted by molar-refractivity contribution is 7.88. The lowest BCUT2D eigenvalue weighted by molar-refractivity contribution is 0.213. The van der Waals surface area contributed by atoms with Crippen LogP contribution in [0.5, 0.6) is 0 Å². The Morgan fingerprint density at radius 2 is 1.91 bits per heavy atom. The molecule has 0 saturated carbocycles. The summed E-state index contributed by atoms with van der Waals surface area (Å²) < 4.78 is 25.1. The van der Waals surface area contributed by atoms with Crippen molar-refractivity contribution < 1.29 is 18.0 Å². The molecule has 0 aliphatic heterocycles. The molecule has 0 fully saturated rings. The molecule has 0 saturated heterocycles. The lowest BCUT2D eigenvalue weighted by Crippen LogP contribution is -2.50. The van der Waals surface area contributed by atoms with Crippen molar-refractivity contribution in [3.05, 3.63) is 30.6 Å². The van der Waals surface area contributed by atoms with Crippen molar-refractivity contribution in [2.24, 2.45) is 0 Å². The lowest BCUT2D eigenvalue weighted by Gasteiger charge is -2.23. The molecule has 2 rings (SSSR count). The lowest BCUT2D eigenvalue weighted by atomic mass is 10.3. The van der Waals surface area contributed by atoms with E-state index in [4.69, 9.17) is 0 Å². The Labute approximate surface area is 133 Å². The summed E-state index contributed by atoms with van der Waals surface area (Å²) >= 11 is 0. The molecule has 2 aromatic rings. The Hall–Kier alpha value is -2.62. The van der Waals surface area contributed by atoms with Crippen LogP contribution >= 0.6 is 0 Å². The van der Waals surface area contributed by atoms with Crippen molar-refractivity contribution in [2.75, 3.05) is 11.7 Å².